The molecule has 1 aromatic heterocycles. The van der Waals surface area contributed by atoms with E-state index in [4.69, 9.17) is 27.3 Å². The lowest BCUT2D eigenvalue weighted by Crippen LogP contribution is -2.54. The quantitative estimate of drug-likeness (QED) is 0.126. The Balaban J connectivity index is 0.976. The number of imide groups is 2. The van der Waals surface area contributed by atoms with Gasteiger partial charge in [0.05, 0.1) is 47.0 Å². The van der Waals surface area contributed by atoms with Crippen molar-refractivity contribution in [3.05, 3.63) is 82.5 Å². The van der Waals surface area contributed by atoms with Crippen LogP contribution in [-0.4, -0.2) is 115 Å². The summed E-state index contributed by atoms with van der Waals surface area (Å²) in [5.74, 6) is -7.89. The average molecular weight is 884 g/mol. The lowest BCUT2D eigenvalue weighted by Gasteiger charge is -2.40. The first kappa shape index (κ1) is 33.0. The third-order valence-corrected chi connectivity index (χ3v) is 12.6. The summed E-state index contributed by atoms with van der Waals surface area (Å²) in [4.78, 5) is 62.4. The number of rotatable bonds is 11. The topological polar surface area (TPSA) is 169 Å². The number of methoxy groups -OCH3 is 1. The molecule has 19 heteroatoms. The summed E-state index contributed by atoms with van der Waals surface area (Å²) in [6.07, 6.45) is 1.38. The highest BCUT2D eigenvalue weighted by atomic mass is 35.5. The fourth-order valence-electron chi connectivity index (χ4n) is 7.64. The van der Waals surface area contributed by atoms with E-state index in [2.05, 4.69) is 20.6 Å². The summed E-state index contributed by atoms with van der Waals surface area (Å²) in [5, 5.41) is 9.07. The summed E-state index contributed by atoms with van der Waals surface area (Å²) in [7, 11) is -1.18. The van der Waals surface area contributed by atoms with Gasteiger partial charge in [-0.25, -0.2) is 13.8 Å². The number of piperazine rings is 1. The molecular weight excluding hydrogens is 831 g/mol. The number of anilines is 6. The second-order valence-corrected chi connectivity index (χ2v) is 18.7. The van der Waals surface area contributed by atoms with Gasteiger partial charge < -0.3 is 29.7 Å². The van der Waals surface area contributed by atoms with E-state index in [9.17, 15) is 23.7 Å². The monoisotopic (exact) mass is 883 g/mol. The molecule has 3 N–H and O–H groups in total. The van der Waals surface area contributed by atoms with Crippen molar-refractivity contribution < 1.29 is 48.2 Å². The molecule has 4 aromatic rings. The third kappa shape index (κ3) is 8.51. The van der Waals surface area contributed by atoms with E-state index in [0.717, 1.165) is 5.69 Å². The predicted octanol–water partition coefficient (Wildman–Crippen LogP) is 5.59. The van der Waals surface area contributed by atoms with Crippen LogP contribution in [0.2, 0.25) is 5.02 Å². The molecule has 8 rings (SSSR count). The van der Waals surface area contributed by atoms with Gasteiger partial charge in [0.2, 0.25) is 17.8 Å². The number of fused-ring (bicyclic) bond motifs is 1. The van der Waals surface area contributed by atoms with Gasteiger partial charge in [-0.15, -0.1) is 0 Å². The van der Waals surface area contributed by atoms with Gasteiger partial charge in [-0.2, -0.15) is 4.98 Å². The summed E-state index contributed by atoms with van der Waals surface area (Å²) in [5.41, 5.74) is -2.00. The van der Waals surface area contributed by atoms with Crippen molar-refractivity contribution in [2.24, 2.45) is 5.92 Å². The number of nitrogens with one attached hydrogen (secondary N) is 3. The molecule has 0 radical (unpaired) electrons. The van der Waals surface area contributed by atoms with Gasteiger partial charge in [-0.3, -0.25) is 34.3 Å². The molecule has 4 aliphatic heterocycles. The molecule has 15 nitrogen and oxygen atoms in total. The number of ether oxygens (including phenoxy) is 1. The maximum atomic E-state index is 16.6. The number of nitrogens with zero attached hydrogens (tertiary/aromatic N) is 6. The van der Waals surface area contributed by atoms with Crippen LogP contribution in [0.15, 0.2) is 54.7 Å². The molecule has 61 heavy (non-hydrogen) atoms. The molecule has 0 aliphatic carbocycles. The Kier molecular flexibility index (Phi) is 9.22. The Labute approximate surface area is 367 Å². The molecule has 0 bridgehead atoms. The van der Waals surface area contributed by atoms with Crippen LogP contribution >= 0.6 is 18.7 Å². The van der Waals surface area contributed by atoms with Crippen molar-refractivity contribution in [1.29, 1.82) is 0 Å². The summed E-state index contributed by atoms with van der Waals surface area (Å²) in [6.45, 7) is -10.7. The van der Waals surface area contributed by atoms with Gasteiger partial charge >= 0.3 is 0 Å². The molecule has 4 amide bonds. The highest BCUT2D eigenvalue weighted by molar-refractivity contribution is 7.70. The zero-order valence-electron chi connectivity index (χ0n) is 41.0. The van der Waals surface area contributed by atoms with Crippen LogP contribution in [0.5, 0.6) is 5.75 Å². The number of carbonyl (C=O) groups excluding carboxylic acids is 4. The minimum Gasteiger partial charge on any atom is -0.494 e. The molecule has 5 heterocycles. The van der Waals surface area contributed by atoms with Gasteiger partial charge in [0.25, 0.3) is 11.8 Å². The summed E-state index contributed by atoms with van der Waals surface area (Å²) < 4.78 is 123. The van der Waals surface area contributed by atoms with Crippen molar-refractivity contribution in [3.63, 3.8) is 0 Å². The lowest BCUT2D eigenvalue weighted by atomic mass is 9.95. The number of hydrogen-bond donors (Lipinski definition) is 3. The van der Waals surface area contributed by atoms with E-state index < -0.39 is 104 Å². The smallest absolute Gasteiger partial charge is 0.265 e. The van der Waals surface area contributed by atoms with Crippen LogP contribution in [0.1, 0.15) is 57.4 Å². The Morgan fingerprint density at radius 3 is 2.36 bits per heavy atom. The van der Waals surface area contributed by atoms with Crippen molar-refractivity contribution in [2.45, 2.75) is 31.7 Å². The maximum Gasteiger partial charge on any atom is 0.265 e. The lowest BCUT2D eigenvalue weighted by molar-refractivity contribution is -0.136. The Hall–Kier alpha value is -5.64. The largest absolute Gasteiger partial charge is 0.494 e. The molecule has 4 aliphatic rings. The zero-order chi connectivity index (χ0) is 50.3. The molecule has 3 aromatic carbocycles. The Bertz CT molecular complexity index is 2830. The standard InChI is InChI=1S/C42H45ClF2N9O6P/c1-60-32-20-25(8-9-28(32)48-42-46-22-26(43)38(50-42)47-29-6-4-5-7-33(29)61(2,3)59)52-14-12-24(13-15-52)23-51-16-18-53(19-17-51)31-21-27(44)35-36(37(31)45)41(58)54(40(35)57)30-10-11-34(55)49-39(30)56/h4-9,20-22,24,30H,10-19,23H2,1-3H3,(H,49,55,56)(H2,46,47,48,50)/i16D2,17D2,18D2,19D2. The Morgan fingerprint density at radius 1 is 0.934 bits per heavy atom. The van der Waals surface area contributed by atoms with Crippen molar-refractivity contribution in [2.75, 3.05) is 86.5 Å². The van der Waals surface area contributed by atoms with Crippen LogP contribution in [0.3, 0.4) is 0 Å². The van der Waals surface area contributed by atoms with Crippen LogP contribution < -0.4 is 35.8 Å². The number of benzene rings is 3. The molecule has 3 saturated heterocycles. The highest BCUT2D eigenvalue weighted by Crippen LogP contribution is 2.40. The van der Waals surface area contributed by atoms with E-state index in [1.165, 1.54) is 13.3 Å². The van der Waals surface area contributed by atoms with E-state index >= 15 is 8.78 Å². The number of halogens is 3. The normalized spacial score (nSPS) is 24.2. The molecule has 0 saturated carbocycles. The fraction of sp³-hybridized carbons (Fsp3) is 0.381. The average Bonchev–Trinajstić information content (AvgIpc) is 3.54. The number of aromatic nitrogens is 2. The van der Waals surface area contributed by atoms with E-state index in [1.807, 2.05) is 16.3 Å². The number of hydrogen-bond acceptors (Lipinski definition) is 13. The first-order chi connectivity index (χ1) is 32.2. The highest BCUT2D eigenvalue weighted by Gasteiger charge is 2.48. The molecule has 3 fully saturated rings. The molecule has 1 unspecified atom stereocenters. The Morgan fingerprint density at radius 2 is 1.66 bits per heavy atom. The van der Waals surface area contributed by atoms with Gasteiger partial charge in [0, 0.05) is 80.7 Å². The van der Waals surface area contributed by atoms with Crippen LogP contribution in [0.4, 0.5) is 43.3 Å². The number of piperidine rings is 2. The molecule has 320 valence electrons. The molecule has 0 spiro atoms. The van der Waals surface area contributed by atoms with E-state index in [1.54, 1.807) is 49.7 Å². The molecular formula is C42H45ClF2N9O6P. The number of carbonyl (C=O) groups is 4. The summed E-state index contributed by atoms with van der Waals surface area (Å²) in [6, 6.07) is 11.0. The van der Waals surface area contributed by atoms with Crippen molar-refractivity contribution >= 4 is 82.2 Å². The number of amides is 4. The molecule has 1 atom stereocenters. The van der Waals surface area contributed by atoms with Gasteiger partial charge in [0.15, 0.2) is 11.6 Å². The van der Waals surface area contributed by atoms with Gasteiger partial charge in [-0.1, -0.05) is 23.7 Å². The predicted molar refractivity (Wildman–Crippen MR) is 229 cm³/mol. The minimum absolute atomic E-state index is 0.172. The van der Waals surface area contributed by atoms with Gasteiger partial charge in [0.1, 0.15) is 29.8 Å². The van der Waals surface area contributed by atoms with Gasteiger partial charge in [-0.05, 0) is 62.8 Å². The third-order valence-electron chi connectivity index (χ3n) is 10.8. The SMILES string of the molecule is [2H]C1([2H])N(CC2CCN(c3ccc(Nc4ncc(Cl)c(Nc5ccccc5P(C)(C)=O)n4)c(OC)c3)CC2)C([2H])([2H])C([2H])([2H])N(c2cc(F)c3c(c2F)C(=O)N(C2CCC(=O)NC2=O)C3=O)C1([2H])[2H]. The maximum absolute atomic E-state index is 16.6. The van der Waals surface area contributed by atoms with Crippen LogP contribution in [-0.2, 0) is 14.2 Å². The van der Waals surface area contributed by atoms with E-state index in [-0.39, 0.29) is 45.5 Å². The second kappa shape index (κ2) is 17.0. The minimum atomic E-state index is -3.66. The van der Waals surface area contributed by atoms with Crippen LogP contribution in [0, 0.1) is 17.6 Å². The zero-order valence-corrected chi connectivity index (χ0v) is 34.7. The van der Waals surface area contributed by atoms with Crippen LogP contribution in [0.25, 0.3) is 0 Å². The first-order valence-corrected chi connectivity index (χ1v) is 22.2. The number of para-hydroxylation sites is 1. The van der Waals surface area contributed by atoms with E-state index in [0.29, 0.717) is 53.3 Å². The second-order valence-electron chi connectivity index (χ2n) is 15.1. The van der Waals surface area contributed by atoms with Crippen molar-refractivity contribution in [1.82, 2.24) is 25.1 Å². The first-order valence-electron chi connectivity index (χ1n) is 23.2. The van der Waals surface area contributed by atoms with Crippen molar-refractivity contribution in [3.8, 4) is 5.75 Å². The fourth-order valence-corrected chi connectivity index (χ4v) is 8.94. The summed E-state index contributed by atoms with van der Waals surface area (Å²) >= 11 is 6.44.